The molecule has 0 unspecified atom stereocenters. The molecule has 0 amide bonds. The number of hydrogen-bond acceptors (Lipinski definition) is 5. The van der Waals surface area contributed by atoms with Crippen LogP contribution >= 0.6 is 11.3 Å². The lowest BCUT2D eigenvalue weighted by atomic mass is 10.1. The molecule has 21 heavy (non-hydrogen) atoms. The number of fused-ring (bicyclic) bond motifs is 1. The van der Waals surface area contributed by atoms with Crippen LogP contribution in [0.5, 0.6) is 0 Å². The van der Waals surface area contributed by atoms with Crippen molar-refractivity contribution in [3.8, 4) is 0 Å². The molecule has 2 aromatic heterocycles. The Morgan fingerprint density at radius 2 is 1.86 bits per heavy atom. The second-order valence-corrected chi connectivity index (χ2v) is 5.13. The van der Waals surface area contributed by atoms with Crippen molar-refractivity contribution >= 4 is 39.0 Å². The van der Waals surface area contributed by atoms with Crippen LogP contribution in [0.4, 0.5) is 30.6 Å². The Labute approximate surface area is 121 Å². The number of para-hydroxylation sites is 1. The number of aromatic nitrogens is 2. The van der Waals surface area contributed by atoms with Gasteiger partial charge in [0.25, 0.3) is 0 Å². The Morgan fingerprint density at radius 3 is 2.62 bits per heavy atom. The number of halogens is 3. The van der Waals surface area contributed by atoms with Gasteiger partial charge in [-0.15, -0.1) is 11.3 Å². The number of nitrogens with zero attached hydrogens (tertiary/aromatic N) is 2. The number of nitrogen functional groups attached to an aromatic ring is 1. The van der Waals surface area contributed by atoms with Crippen LogP contribution in [0.25, 0.3) is 10.2 Å². The van der Waals surface area contributed by atoms with E-state index in [-0.39, 0.29) is 17.5 Å². The minimum Gasteiger partial charge on any atom is -0.368 e. The first-order valence-corrected chi connectivity index (χ1v) is 6.77. The highest BCUT2D eigenvalue weighted by atomic mass is 32.1. The van der Waals surface area contributed by atoms with Crippen molar-refractivity contribution in [2.45, 2.75) is 6.18 Å². The van der Waals surface area contributed by atoms with Gasteiger partial charge in [-0.25, -0.2) is 4.98 Å². The summed E-state index contributed by atoms with van der Waals surface area (Å²) in [7, 11) is 0. The minimum atomic E-state index is -4.45. The number of rotatable bonds is 2. The van der Waals surface area contributed by atoms with Crippen LogP contribution in [0.1, 0.15) is 5.56 Å². The third kappa shape index (κ3) is 2.62. The summed E-state index contributed by atoms with van der Waals surface area (Å²) in [6.07, 6.45) is -4.45. The van der Waals surface area contributed by atoms with Crippen molar-refractivity contribution < 1.29 is 13.2 Å². The van der Waals surface area contributed by atoms with Crippen LogP contribution in [0.15, 0.2) is 35.7 Å². The molecule has 0 spiro atoms. The molecule has 0 radical (unpaired) electrons. The molecule has 2 heterocycles. The van der Waals surface area contributed by atoms with Crippen LogP contribution in [0.2, 0.25) is 0 Å². The number of nitrogens with two attached hydrogens (primary N) is 1. The van der Waals surface area contributed by atoms with Crippen LogP contribution in [0.3, 0.4) is 0 Å². The van der Waals surface area contributed by atoms with E-state index in [4.69, 9.17) is 5.73 Å². The summed E-state index contributed by atoms with van der Waals surface area (Å²) in [4.78, 5) is 8.64. The molecule has 108 valence electrons. The van der Waals surface area contributed by atoms with Crippen molar-refractivity contribution in [1.29, 1.82) is 0 Å². The molecule has 0 aliphatic carbocycles. The molecule has 3 rings (SSSR count). The zero-order valence-corrected chi connectivity index (χ0v) is 11.3. The van der Waals surface area contributed by atoms with E-state index in [1.807, 2.05) is 0 Å². The maximum atomic E-state index is 13.0. The Kier molecular flexibility index (Phi) is 3.17. The van der Waals surface area contributed by atoms with Gasteiger partial charge in [0, 0.05) is 0 Å². The fraction of sp³-hybridized carbons (Fsp3) is 0.0769. The number of nitrogens with one attached hydrogen (secondary N) is 1. The molecule has 0 aliphatic rings. The molecule has 1 aromatic carbocycles. The summed E-state index contributed by atoms with van der Waals surface area (Å²) in [5.41, 5.74) is 4.75. The lowest BCUT2D eigenvalue weighted by molar-refractivity contribution is -0.136. The third-order valence-corrected chi connectivity index (χ3v) is 3.63. The smallest absolute Gasteiger partial charge is 0.368 e. The molecule has 4 nitrogen and oxygen atoms in total. The Hall–Kier alpha value is -2.35. The van der Waals surface area contributed by atoms with Gasteiger partial charge in [-0.1, -0.05) is 12.1 Å². The zero-order chi connectivity index (χ0) is 15.0. The van der Waals surface area contributed by atoms with E-state index < -0.39 is 11.7 Å². The minimum absolute atomic E-state index is 0.0111. The van der Waals surface area contributed by atoms with Crippen molar-refractivity contribution in [3.05, 3.63) is 41.3 Å². The predicted octanol–water partition coefficient (Wildman–Crippen LogP) is 4.04. The molecule has 0 aliphatic heterocycles. The first-order chi connectivity index (χ1) is 9.95. The topological polar surface area (TPSA) is 63.8 Å². The van der Waals surface area contributed by atoms with E-state index in [0.717, 1.165) is 6.07 Å². The van der Waals surface area contributed by atoms with Crippen molar-refractivity contribution in [2.24, 2.45) is 0 Å². The fourth-order valence-corrected chi connectivity index (χ4v) is 2.70. The van der Waals surface area contributed by atoms with Crippen LogP contribution in [-0.2, 0) is 6.18 Å². The lowest BCUT2D eigenvalue weighted by Crippen LogP contribution is -2.09. The summed E-state index contributed by atoms with van der Waals surface area (Å²) in [5, 5.41) is 5.11. The highest BCUT2D eigenvalue weighted by Gasteiger charge is 2.33. The average molecular weight is 310 g/mol. The first-order valence-electron chi connectivity index (χ1n) is 5.89. The molecule has 0 bridgehead atoms. The van der Waals surface area contributed by atoms with Gasteiger partial charge in [-0.3, -0.25) is 0 Å². The van der Waals surface area contributed by atoms with E-state index >= 15 is 0 Å². The van der Waals surface area contributed by atoms with Gasteiger partial charge in [-0.05, 0) is 23.6 Å². The standard InChI is InChI=1S/C13H9F3N4S/c14-13(15,16)8-3-1-2-4-9(8)18-10-7-5-6-21-11(7)20-12(17)19-10/h1-6H,(H3,17,18,19,20). The molecule has 0 fully saturated rings. The SMILES string of the molecule is Nc1nc(Nc2ccccc2C(F)(F)F)c2ccsc2n1. The predicted molar refractivity (Wildman–Crippen MR) is 76.6 cm³/mol. The monoisotopic (exact) mass is 310 g/mol. The molecule has 0 saturated heterocycles. The van der Waals surface area contributed by atoms with Crippen LogP contribution < -0.4 is 11.1 Å². The van der Waals surface area contributed by atoms with Gasteiger partial charge >= 0.3 is 6.18 Å². The number of alkyl halides is 3. The normalized spacial score (nSPS) is 11.8. The molecular formula is C13H9F3N4S. The second-order valence-electron chi connectivity index (χ2n) is 4.24. The number of hydrogen-bond donors (Lipinski definition) is 2. The van der Waals surface area contributed by atoms with E-state index in [9.17, 15) is 13.2 Å². The van der Waals surface area contributed by atoms with Crippen molar-refractivity contribution in [3.63, 3.8) is 0 Å². The summed E-state index contributed by atoms with van der Waals surface area (Å²) in [6, 6.07) is 6.95. The van der Waals surface area contributed by atoms with Gasteiger partial charge < -0.3 is 11.1 Å². The molecule has 0 saturated carbocycles. The molecule has 3 aromatic rings. The van der Waals surface area contributed by atoms with E-state index in [0.29, 0.717) is 10.2 Å². The number of benzene rings is 1. The highest BCUT2D eigenvalue weighted by Crippen LogP contribution is 2.37. The fourth-order valence-electron chi connectivity index (χ4n) is 1.93. The van der Waals surface area contributed by atoms with Crippen molar-refractivity contribution in [2.75, 3.05) is 11.1 Å². The summed E-state index contributed by atoms with van der Waals surface area (Å²) in [6.45, 7) is 0. The highest BCUT2D eigenvalue weighted by molar-refractivity contribution is 7.16. The molecule has 8 heteroatoms. The zero-order valence-electron chi connectivity index (χ0n) is 10.5. The maximum Gasteiger partial charge on any atom is 0.418 e. The van der Waals surface area contributed by atoms with Gasteiger partial charge in [-0.2, -0.15) is 18.2 Å². The van der Waals surface area contributed by atoms with Crippen LogP contribution in [0, 0.1) is 0 Å². The first kappa shape index (κ1) is 13.6. The van der Waals surface area contributed by atoms with Gasteiger partial charge in [0.1, 0.15) is 10.6 Å². The van der Waals surface area contributed by atoms with Gasteiger partial charge in [0.05, 0.1) is 16.6 Å². The second kappa shape index (κ2) is 4.88. The van der Waals surface area contributed by atoms with Gasteiger partial charge in [0.2, 0.25) is 5.95 Å². The lowest BCUT2D eigenvalue weighted by Gasteiger charge is -2.14. The molecule has 3 N–H and O–H groups in total. The quantitative estimate of drug-likeness (QED) is 0.750. The Morgan fingerprint density at radius 1 is 1.10 bits per heavy atom. The summed E-state index contributed by atoms with van der Waals surface area (Å²) >= 11 is 1.34. The van der Waals surface area contributed by atoms with Crippen LogP contribution in [-0.4, -0.2) is 9.97 Å². The van der Waals surface area contributed by atoms with E-state index in [2.05, 4.69) is 15.3 Å². The Balaban J connectivity index is 2.09. The molecule has 0 atom stereocenters. The number of anilines is 3. The van der Waals surface area contributed by atoms with E-state index in [1.54, 1.807) is 11.4 Å². The van der Waals surface area contributed by atoms with Gasteiger partial charge in [0.15, 0.2) is 0 Å². The Bertz CT molecular complexity index is 797. The maximum absolute atomic E-state index is 13.0. The summed E-state index contributed by atoms with van der Waals surface area (Å²) in [5.74, 6) is 0.271. The number of thiophene rings is 1. The average Bonchev–Trinajstić information content (AvgIpc) is 2.86. The van der Waals surface area contributed by atoms with Crippen molar-refractivity contribution in [1.82, 2.24) is 9.97 Å². The molecular weight excluding hydrogens is 301 g/mol. The largest absolute Gasteiger partial charge is 0.418 e. The summed E-state index contributed by atoms with van der Waals surface area (Å²) < 4.78 is 39.0. The third-order valence-electron chi connectivity index (χ3n) is 2.83. The van der Waals surface area contributed by atoms with E-state index in [1.165, 1.54) is 29.5 Å².